The van der Waals surface area contributed by atoms with Crippen LogP contribution < -0.4 is 11.1 Å². The van der Waals surface area contributed by atoms with Crippen molar-refractivity contribution in [2.75, 3.05) is 12.3 Å². The number of carbonyl (C=O) groups is 1. The summed E-state index contributed by atoms with van der Waals surface area (Å²) in [4.78, 5) is 11.6. The van der Waals surface area contributed by atoms with Crippen LogP contribution in [0.4, 0.5) is 5.82 Å². The fourth-order valence-corrected chi connectivity index (χ4v) is 1.91. The predicted octanol–water partition coefficient (Wildman–Crippen LogP) is 1.27. The molecule has 17 heavy (non-hydrogen) atoms. The summed E-state index contributed by atoms with van der Waals surface area (Å²) in [5, 5.41) is 9.55. The molecule has 0 saturated heterocycles. The van der Waals surface area contributed by atoms with Crippen molar-refractivity contribution in [3.63, 3.8) is 0 Å². The van der Waals surface area contributed by atoms with Crippen LogP contribution in [0.1, 0.15) is 42.6 Å². The van der Waals surface area contributed by atoms with Crippen LogP contribution in [0, 0.1) is 0 Å². The van der Waals surface area contributed by atoms with Crippen LogP contribution in [0.5, 0.6) is 0 Å². The molecule has 0 spiro atoms. The number of anilines is 1. The van der Waals surface area contributed by atoms with Crippen LogP contribution in [-0.2, 0) is 0 Å². The van der Waals surface area contributed by atoms with Crippen LogP contribution in [0.2, 0.25) is 0 Å². The zero-order valence-corrected chi connectivity index (χ0v) is 9.61. The van der Waals surface area contributed by atoms with E-state index >= 15 is 0 Å². The molecule has 1 aromatic heterocycles. The highest BCUT2D eigenvalue weighted by atomic mass is 16.6. The SMILES string of the molecule is Nc1nonc1C(=O)NCCC1=CCCCC1. The van der Waals surface area contributed by atoms with Gasteiger partial charge in [-0.15, -0.1) is 0 Å². The van der Waals surface area contributed by atoms with Gasteiger partial charge in [-0.3, -0.25) is 4.79 Å². The van der Waals surface area contributed by atoms with E-state index in [0.717, 1.165) is 19.3 Å². The Bertz CT molecular complexity index is 425. The highest BCUT2D eigenvalue weighted by molar-refractivity contribution is 5.95. The number of nitrogens with one attached hydrogen (secondary N) is 1. The van der Waals surface area contributed by atoms with Crippen LogP contribution >= 0.6 is 0 Å². The fourth-order valence-electron chi connectivity index (χ4n) is 1.91. The van der Waals surface area contributed by atoms with Crippen LogP contribution in [0.15, 0.2) is 16.3 Å². The third kappa shape index (κ3) is 3.05. The van der Waals surface area contributed by atoms with Gasteiger partial charge in [-0.1, -0.05) is 11.6 Å². The van der Waals surface area contributed by atoms with Gasteiger partial charge in [0.15, 0.2) is 0 Å². The normalized spacial score (nSPS) is 15.4. The minimum absolute atomic E-state index is 0.0272. The molecule has 0 aliphatic heterocycles. The van der Waals surface area contributed by atoms with Crippen molar-refractivity contribution in [3.05, 3.63) is 17.3 Å². The van der Waals surface area contributed by atoms with Crippen LogP contribution in [0.25, 0.3) is 0 Å². The van der Waals surface area contributed by atoms with Crippen molar-refractivity contribution < 1.29 is 9.42 Å². The van der Waals surface area contributed by atoms with E-state index < -0.39 is 0 Å². The standard InChI is InChI=1S/C11H16N4O2/c12-10-9(14-17-15-10)11(16)13-7-6-8-4-2-1-3-5-8/h4H,1-3,5-7H2,(H2,12,15)(H,13,16). The van der Waals surface area contributed by atoms with Crippen LogP contribution in [0.3, 0.4) is 0 Å². The molecule has 2 rings (SSSR count). The summed E-state index contributed by atoms with van der Waals surface area (Å²) in [5.74, 6) is -0.306. The number of hydrogen-bond acceptors (Lipinski definition) is 5. The Balaban J connectivity index is 1.77. The van der Waals surface area contributed by atoms with Gasteiger partial charge < -0.3 is 11.1 Å². The van der Waals surface area contributed by atoms with E-state index in [9.17, 15) is 4.79 Å². The minimum Gasteiger partial charge on any atom is -0.379 e. The van der Waals surface area contributed by atoms with Crippen molar-refractivity contribution >= 4 is 11.7 Å². The Morgan fingerprint density at radius 1 is 1.47 bits per heavy atom. The zero-order chi connectivity index (χ0) is 12.1. The first kappa shape index (κ1) is 11.6. The maximum Gasteiger partial charge on any atom is 0.277 e. The summed E-state index contributed by atoms with van der Waals surface area (Å²) in [7, 11) is 0. The number of amides is 1. The van der Waals surface area contributed by atoms with E-state index in [2.05, 4.69) is 26.3 Å². The van der Waals surface area contributed by atoms with Crippen molar-refractivity contribution in [1.29, 1.82) is 0 Å². The van der Waals surface area contributed by atoms with E-state index in [1.165, 1.54) is 18.4 Å². The van der Waals surface area contributed by atoms with Crippen molar-refractivity contribution in [3.8, 4) is 0 Å². The highest BCUT2D eigenvalue weighted by Crippen LogP contribution is 2.19. The third-order valence-corrected chi connectivity index (χ3v) is 2.85. The Labute approximate surface area is 99.2 Å². The molecule has 1 aliphatic rings. The van der Waals surface area contributed by atoms with Gasteiger partial charge in [0.25, 0.3) is 5.91 Å². The first-order valence-corrected chi connectivity index (χ1v) is 5.81. The van der Waals surface area contributed by atoms with Crippen molar-refractivity contribution in [1.82, 2.24) is 15.6 Å². The Kier molecular flexibility index (Phi) is 3.74. The lowest BCUT2D eigenvalue weighted by Crippen LogP contribution is -2.26. The summed E-state index contributed by atoms with van der Waals surface area (Å²) in [5.41, 5.74) is 6.89. The maximum absolute atomic E-state index is 11.6. The molecular formula is C11H16N4O2. The maximum atomic E-state index is 11.6. The van der Waals surface area contributed by atoms with E-state index in [0.29, 0.717) is 6.54 Å². The number of carbonyl (C=O) groups excluding carboxylic acids is 1. The topological polar surface area (TPSA) is 94.0 Å². The van der Waals surface area contributed by atoms with E-state index in [4.69, 9.17) is 5.73 Å². The van der Waals surface area contributed by atoms with Crippen LogP contribution in [-0.4, -0.2) is 22.8 Å². The summed E-state index contributed by atoms with van der Waals surface area (Å²) in [6.07, 6.45) is 7.97. The smallest absolute Gasteiger partial charge is 0.277 e. The van der Waals surface area contributed by atoms with Crippen molar-refractivity contribution in [2.45, 2.75) is 32.1 Å². The Hall–Kier alpha value is -1.85. The molecule has 0 unspecified atom stereocenters. The summed E-state index contributed by atoms with van der Waals surface area (Å²) in [6, 6.07) is 0. The first-order chi connectivity index (χ1) is 8.27. The van der Waals surface area contributed by atoms with Gasteiger partial charge >= 0.3 is 0 Å². The molecule has 0 atom stereocenters. The van der Waals surface area contributed by atoms with Crippen molar-refractivity contribution in [2.24, 2.45) is 0 Å². The highest BCUT2D eigenvalue weighted by Gasteiger charge is 2.15. The quantitative estimate of drug-likeness (QED) is 0.768. The monoisotopic (exact) mass is 236 g/mol. The average Bonchev–Trinajstić information content (AvgIpc) is 2.77. The molecule has 1 aliphatic carbocycles. The lowest BCUT2D eigenvalue weighted by Gasteiger charge is -2.12. The Morgan fingerprint density at radius 3 is 3.00 bits per heavy atom. The molecule has 0 fully saturated rings. The lowest BCUT2D eigenvalue weighted by atomic mass is 9.97. The molecule has 92 valence electrons. The van der Waals surface area contributed by atoms with Gasteiger partial charge in [0, 0.05) is 6.54 Å². The van der Waals surface area contributed by atoms with E-state index in [1.807, 2.05) is 0 Å². The molecular weight excluding hydrogens is 220 g/mol. The summed E-state index contributed by atoms with van der Waals surface area (Å²) < 4.78 is 4.37. The second-order valence-corrected chi connectivity index (χ2v) is 4.11. The summed E-state index contributed by atoms with van der Waals surface area (Å²) in [6.45, 7) is 0.594. The largest absolute Gasteiger partial charge is 0.379 e. The van der Waals surface area contributed by atoms with Gasteiger partial charge in [-0.25, -0.2) is 4.63 Å². The molecule has 3 N–H and O–H groups in total. The van der Waals surface area contributed by atoms with Gasteiger partial charge in [-0.05, 0) is 42.4 Å². The van der Waals surface area contributed by atoms with Gasteiger partial charge in [0.05, 0.1) is 0 Å². The molecule has 1 amide bonds. The lowest BCUT2D eigenvalue weighted by molar-refractivity contribution is 0.0945. The molecule has 6 heteroatoms. The predicted molar refractivity (Wildman–Crippen MR) is 62.2 cm³/mol. The molecule has 1 heterocycles. The van der Waals surface area contributed by atoms with E-state index in [-0.39, 0.29) is 17.4 Å². The fraction of sp³-hybridized carbons (Fsp3) is 0.545. The second kappa shape index (κ2) is 5.47. The van der Waals surface area contributed by atoms with Gasteiger partial charge in [0.2, 0.25) is 11.5 Å². The number of nitrogens with zero attached hydrogens (tertiary/aromatic N) is 2. The average molecular weight is 236 g/mol. The molecule has 6 nitrogen and oxygen atoms in total. The number of hydrogen-bond donors (Lipinski definition) is 2. The summed E-state index contributed by atoms with van der Waals surface area (Å²) >= 11 is 0. The molecule has 0 aromatic carbocycles. The molecule has 0 bridgehead atoms. The molecule has 0 saturated carbocycles. The number of allylic oxidation sites excluding steroid dienone is 1. The first-order valence-electron chi connectivity index (χ1n) is 5.81. The zero-order valence-electron chi connectivity index (χ0n) is 9.61. The minimum atomic E-state index is -0.333. The Morgan fingerprint density at radius 2 is 2.35 bits per heavy atom. The third-order valence-electron chi connectivity index (χ3n) is 2.85. The number of rotatable bonds is 4. The van der Waals surface area contributed by atoms with Gasteiger partial charge in [0.1, 0.15) is 0 Å². The molecule has 0 radical (unpaired) electrons. The second-order valence-electron chi connectivity index (χ2n) is 4.11. The van der Waals surface area contributed by atoms with Gasteiger partial charge in [-0.2, -0.15) is 0 Å². The van der Waals surface area contributed by atoms with E-state index in [1.54, 1.807) is 0 Å². The molecule has 1 aromatic rings. The number of nitrogens with two attached hydrogens (primary N) is 1. The number of aromatic nitrogens is 2. The number of nitrogen functional groups attached to an aromatic ring is 1.